The van der Waals surface area contributed by atoms with E-state index in [0.29, 0.717) is 28.0 Å². The van der Waals surface area contributed by atoms with E-state index < -0.39 is 0 Å². The lowest BCUT2D eigenvalue weighted by atomic mass is 10.1. The summed E-state index contributed by atoms with van der Waals surface area (Å²) in [6, 6.07) is 5.41. The topological polar surface area (TPSA) is 61.2 Å². The molecule has 8 heteroatoms. The van der Waals surface area contributed by atoms with Crippen molar-refractivity contribution in [1.29, 1.82) is 0 Å². The zero-order chi connectivity index (χ0) is 18.6. The summed E-state index contributed by atoms with van der Waals surface area (Å²) in [5.41, 5.74) is 3.86. The van der Waals surface area contributed by atoms with E-state index in [1.54, 1.807) is 15.3 Å². The van der Waals surface area contributed by atoms with Gasteiger partial charge in [-0.15, -0.1) is 0 Å². The number of rotatable bonds is 3. The summed E-state index contributed by atoms with van der Waals surface area (Å²) < 4.78 is 9.73. The monoisotopic (exact) mass is 389 g/mol. The number of hydrogen-bond acceptors (Lipinski definition) is 4. The summed E-state index contributed by atoms with van der Waals surface area (Å²) in [5.74, 6) is 2.28. The number of aromatic nitrogens is 5. The van der Waals surface area contributed by atoms with Crippen molar-refractivity contribution in [2.75, 3.05) is 0 Å². The Morgan fingerprint density at radius 1 is 1.12 bits per heavy atom. The van der Waals surface area contributed by atoms with Crippen LogP contribution in [0.5, 0.6) is 0 Å². The summed E-state index contributed by atoms with van der Waals surface area (Å²) in [5, 5.41) is 10.3. The Kier molecular flexibility index (Phi) is 4.04. The van der Waals surface area contributed by atoms with Crippen LogP contribution in [0.15, 0.2) is 22.6 Å². The molecule has 0 unspecified atom stereocenters. The maximum atomic E-state index is 6.45. The van der Waals surface area contributed by atoms with Gasteiger partial charge in [0, 0.05) is 17.0 Å². The highest BCUT2D eigenvalue weighted by Crippen LogP contribution is 2.36. The molecule has 0 saturated carbocycles. The molecule has 0 aliphatic carbocycles. The lowest BCUT2D eigenvalue weighted by Gasteiger charge is -2.04. The van der Waals surface area contributed by atoms with E-state index in [9.17, 15) is 0 Å². The SMILES string of the molecule is CCc1oc2c(-n3nc(C)nc3C)c(C)nn2c1-c1ccc(Cl)cc1Cl. The minimum atomic E-state index is 0.553. The molecule has 6 nitrogen and oxygen atoms in total. The molecule has 1 aromatic carbocycles. The standard InChI is InChI=1S/C18H17Cl2N5O/c1-5-15-17(13-7-6-12(19)8-14(13)20)25-18(26-15)16(9(2)22-25)24-11(4)21-10(3)23-24/h6-8H,5H2,1-4H3. The highest BCUT2D eigenvalue weighted by Gasteiger charge is 2.25. The van der Waals surface area contributed by atoms with Gasteiger partial charge in [0.05, 0.1) is 10.7 Å². The van der Waals surface area contributed by atoms with Crippen LogP contribution in [0.2, 0.25) is 10.0 Å². The molecule has 3 aromatic heterocycles. The van der Waals surface area contributed by atoms with E-state index in [-0.39, 0.29) is 0 Å². The van der Waals surface area contributed by atoms with Crippen molar-refractivity contribution in [3.8, 4) is 16.9 Å². The first-order chi connectivity index (χ1) is 12.4. The first-order valence-corrected chi connectivity index (χ1v) is 9.03. The van der Waals surface area contributed by atoms with Gasteiger partial charge in [-0.2, -0.15) is 14.7 Å². The Balaban J connectivity index is 2.04. The number of nitrogens with zero attached hydrogens (tertiary/aromatic N) is 5. The van der Waals surface area contributed by atoms with Crippen molar-refractivity contribution in [3.63, 3.8) is 0 Å². The second-order valence-corrected chi connectivity index (χ2v) is 6.96. The number of fused-ring (bicyclic) bond motifs is 1. The first kappa shape index (κ1) is 17.1. The molecule has 26 heavy (non-hydrogen) atoms. The first-order valence-electron chi connectivity index (χ1n) is 8.27. The van der Waals surface area contributed by atoms with Crippen LogP contribution in [-0.2, 0) is 6.42 Å². The molecule has 3 heterocycles. The molecule has 0 aliphatic heterocycles. The zero-order valence-corrected chi connectivity index (χ0v) is 16.4. The lowest BCUT2D eigenvalue weighted by Crippen LogP contribution is -2.00. The van der Waals surface area contributed by atoms with Crippen LogP contribution in [-0.4, -0.2) is 24.4 Å². The van der Waals surface area contributed by atoms with E-state index in [1.165, 1.54) is 0 Å². The molecule has 0 N–H and O–H groups in total. The van der Waals surface area contributed by atoms with Crippen LogP contribution >= 0.6 is 23.2 Å². The summed E-state index contributed by atoms with van der Waals surface area (Å²) in [7, 11) is 0. The molecule has 0 aliphatic rings. The van der Waals surface area contributed by atoms with Gasteiger partial charge in [-0.1, -0.05) is 30.1 Å². The minimum Gasteiger partial charge on any atom is -0.439 e. The second kappa shape index (κ2) is 6.14. The molecular formula is C18H17Cl2N5O. The second-order valence-electron chi connectivity index (χ2n) is 6.12. The van der Waals surface area contributed by atoms with Crippen molar-refractivity contribution in [3.05, 3.63) is 51.3 Å². The zero-order valence-electron chi connectivity index (χ0n) is 14.8. The Morgan fingerprint density at radius 2 is 1.88 bits per heavy atom. The molecule has 0 fully saturated rings. The van der Waals surface area contributed by atoms with Gasteiger partial charge >= 0.3 is 0 Å². The molecule has 4 rings (SSSR count). The van der Waals surface area contributed by atoms with Crippen molar-refractivity contribution >= 4 is 28.9 Å². The predicted molar refractivity (Wildman–Crippen MR) is 101 cm³/mol. The van der Waals surface area contributed by atoms with Crippen LogP contribution in [0, 0.1) is 20.8 Å². The Morgan fingerprint density at radius 3 is 2.50 bits per heavy atom. The summed E-state index contributed by atoms with van der Waals surface area (Å²) in [6.45, 7) is 7.72. The summed E-state index contributed by atoms with van der Waals surface area (Å²) in [4.78, 5) is 4.38. The quantitative estimate of drug-likeness (QED) is 0.496. The van der Waals surface area contributed by atoms with Gasteiger partial charge in [0.2, 0.25) is 5.71 Å². The lowest BCUT2D eigenvalue weighted by molar-refractivity contribution is 0.550. The van der Waals surface area contributed by atoms with Crippen LogP contribution in [0.4, 0.5) is 0 Å². The van der Waals surface area contributed by atoms with Crippen LogP contribution in [0.3, 0.4) is 0 Å². The highest BCUT2D eigenvalue weighted by atomic mass is 35.5. The van der Waals surface area contributed by atoms with Gasteiger partial charge in [-0.3, -0.25) is 0 Å². The molecule has 0 saturated heterocycles. The van der Waals surface area contributed by atoms with Crippen molar-refractivity contribution in [2.24, 2.45) is 0 Å². The number of benzene rings is 1. The number of halogens is 2. The van der Waals surface area contributed by atoms with Gasteiger partial charge in [0.15, 0.2) is 5.69 Å². The third-order valence-electron chi connectivity index (χ3n) is 4.28. The Hall–Kier alpha value is -2.31. The van der Waals surface area contributed by atoms with E-state index in [4.69, 9.17) is 32.7 Å². The van der Waals surface area contributed by atoms with Gasteiger partial charge in [0.1, 0.15) is 23.1 Å². The van der Waals surface area contributed by atoms with Crippen LogP contribution in [0.25, 0.3) is 22.7 Å². The number of aryl methyl sites for hydroxylation is 4. The maximum absolute atomic E-state index is 6.45. The van der Waals surface area contributed by atoms with Gasteiger partial charge in [-0.25, -0.2) is 9.67 Å². The van der Waals surface area contributed by atoms with Crippen LogP contribution < -0.4 is 0 Å². The molecule has 134 valence electrons. The third kappa shape index (κ3) is 2.52. The molecule has 0 radical (unpaired) electrons. The fourth-order valence-corrected chi connectivity index (χ4v) is 3.68. The summed E-state index contributed by atoms with van der Waals surface area (Å²) >= 11 is 12.5. The van der Waals surface area contributed by atoms with Gasteiger partial charge in [-0.05, 0) is 39.0 Å². The number of oxazole rings is 1. The summed E-state index contributed by atoms with van der Waals surface area (Å²) in [6.07, 6.45) is 0.700. The normalized spacial score (nSPS) is 11.6. The highest BCUT2D eigenvalue weighted by molar-refractivity contribution is 6.36. The fraction of sp³-hybridized carbons (Fsp3) is 0.278. The van der Waals surface area contributed by atoms with E-state index >= 15 is 0 Å². The third-order valence-corrected chi connectivity index (χ3v) is 4.83. The van der Waals surface area contributed by atoms with Crippen molar-refractivity contribution in [2.45, 2.75) is 34.1 Å². The largest absolute Gasteiger partial charge is 0.439 e. The fourth-order valence-electron chi connectivity index (χ4n) is 3.19. The van der Waals surface area contributed by atoms with Crippen molar-refractivity contribution < 1.29 is 4.42 Å². The minimum absolute atomic E-state index is 0.553. The van der Waals surface area contributed by atoms with Crippen molar-refractivity contribution in [1.82, 2.24) is 24.4 Å². The van der Waals surface area contributed by atoms with E-state index in [0.717, 1.165) is 34.2 Å². The van der Waals surface area contributed by atoms with Crippen LogP contribution in [0.1, 0.15) is 30.0 Å². The molecule has 0 atom stereocenters. The average molecular weight is 390 g/mol. The van der Waals surface area contributed by atoms with E-state index in [1.807, 2.05) is 39.8 Å². The average Bonchev–Trinajstić information content (AvgIpc) is 3.18. The number of hydrogen-bond donors (Lipinski definition) is 0. The smallest absolute Gasteiger partial charge is 0.249 e. The van der Waals surface area contributed by atoms with Gasteiger partial charge in [0.25, 0.3) is 0 Å². The molecule has 0 spiro atoms. The maximum Gasteiger partial charge on any atom is 0.249 e. The molecule has 4 aromatic rings. The Bertz CT molecular complexity index is 1140. The predicted octanol–water partition coefficient (Wildman–Crippen LogP) is 4.97. The van der Waals surface area contributed by atoms with Gasteiger partial charge < -0.3 is 4.42 Å². The van der Waals surface area contributed by atoms with E-state index in [2.05, 4.69) is 10.1 Å². The molecule has 0 bridgehead atoms. The Labute approximate surface area is 160 Å². The molecule has 0 amide bonds. The molecular weight excluding hydrogens is 373 g/mol.